The molecule has 0 bridgehead atoms. The number of nitrogens with one attached hydrogen (secondary N) is 1. The number of carbonyl (C=O) groups is 2. The first-order valence-electron chi connectivity index (χ1n) is 6.72. The molecule has 1 heterocycles. The van der Waals surface area contributed by atoms with Crippen LogP contribution in [-0.2, 0) is 4.79 Å². The largest absolute Gasteiger partial charge is 0.481 e. The van der Waals surface area contributed by atoms with E-state index in [0.717, 1.165) is 10.6 Å². The minimum atomic E-state index is -0.926. The standard InChI is InChI=1S/C15H17N3O3S/c1-10(14(19)20)9-18(2)15(21)17-12-5-3-4-11(8-12)13-16-6-7-22-13/h3-8,10H,9H2,1-2H3,(H,17,21)(H,19,20). The van der Waals surface area contributed by atoms with Crippen LogP contribution in [-0.4, -0.2) is 40.6 Å². The average Bonchev–Trinajstić information content (AvgIpc) is 3.01. The average molecular weight is 319 g/mol. The second-order valence-electron chi connectivity index (χ2n) is 4.97. The Bertz CT molecular complexity index is 658. The first kappa shape index (κ1) is 16.0. The third-order valence-electron chi connectivity index (χ3n) is 3.11. The van der Waals surface area contributed by atoms with Gasteiger partial charge in [0, 0.05) is 36.4 Å². The number of carboxylic acid groups (broad SMARTS) is 1. The summed E-state index contributed by atoms with van der Waals surface area (Å²) in [6.07, 6.45) is 1.73. The summed E-state index contributed by atoms with van der Waals surface area (Å²) in [6.45, 7) is 1.71. The first-order chi connectivity index (χ1) is 10.5. The number of carbonyl (C=O) groups excluding carboxylic acids is 1. The maximum Gasteiger partial charge on any atom is 0.321 e. The van der Waals surface area contributed by atoms with E-state index in [-0.39, 0.29) is 12.6 Å². The Morgan fingerprint density at radius 1 is 1.45 bits per heavy atom. The molecule has 2 N–H and O–H groups in total. The molecule has 2 amide bonds. The number of amides is 2. The van der Waals surface area contributed by atoms with Crippen LogP contribution in [0.5, 0.6) is 0 Å². The minimum Gasteiger partial charge on any atom is -0.481 e. The van der Waals surface area contributed by atoms with E-state index in [1.54, 1.807) is 26.2 Å². The highest BCUT2D eigenvalue weighted by atomic mass is 32.1. The molecule has 0 saturated heterocycles. The summed E-state index contributed by atoms with van der Waals surface area (Å²) >= 11 is 1.52. The van der Waals surface area contributed by atoms with Gasteiger partial charge in [0.1, 0.15) is 5.01 Å². The highest BCUT2D eigenvalue weighted by molar-refractivity contribution is 7.13. The normalized spacial score (nSPS) is 11.7. The van der Waals surface area contributed by atoms with Gasteiger partial charge in [-0.15, -0.1) is 11.3 Å². The molecule has 0 radical (unpaired) electrons. The number of aliphatic carboxylic acids is 1. The van der Waals surface area contributed by atoms with E-state index in [1.165, 1.54) is 16.2 Å². The molecule has 0 saturated carbocycles. The predicted molar refractivity (Wildman–Crippen MR) is 86.0 cm³/mol. The number of carboxylic acids is 1. The molecule has 22 heavy (non-hydrogen) atoms. The lowest BCUT2D eigenvalue weighted by molar-refractivity contribution is -0.141. The number of urea groups is 1. The molecule has 2 aromatic rings. The summed E-state index contributed by atoms with van der Waals surface area (Å²) in [4.78, 5) is 28.5. The highest BCUT2D eigenvalue weighted by Gasteiger charge is 2.17. The summed E-state index contributed by atoms with van der Waals surface area (Å²) in [5.41, 5.74) is 1.57. The number of aromatic nitrogens is 1. The molecule has 0 aliphatic heterocycles. The minimum absolute atomic E-state index is 0.146. The third kappa shape index (κ3) is 4.05. The summed E-state index contributed by atoms with van der Waals surface area (Å²) in [7, 11) is 1.57. The van der Waals surface area contributed by atoms with Crippen LogP contribution in [0.1, 0.15) is 6.92 Å². The fourth-order valence-electron chi connectivity index (χ4n) is 1.89. The lowest BCUT2D eigenvalue weighted by atomic mass is 10.2. The Kier molecular flexibility index (Phi) is 5.11. The molecular weight excluding hydrogens is 302 g/mol. The number of benzene rings is 1. The van der Waals surface area contributed by atoms with Crippen molar-refractivity contribution < 1.29 is 14.7 Å². The van der Waals surface area contributed by atoms with E-state index in [1.807, 2.05) is 23.6 Å². The number of anilines is 1. The number of hydrogen-bond acceptors (Lipinski definition) is 4. The van der Waals surface area contributed by atoms with Crippen LogP contribution in [0, 0.1) is 5.92 Å². The predicted octanol–water partition coefficient (Wildman–Crippen LogP) is 2.99. The Balaban J connectivity index is 2.03. The number of rotatable bonds is 5. The van der Waals surface area contributed by atoms with Gasteiger partial charge in [-0.25, -0.2) is 9.78 Å². The highest BCUT2D eigenvalue weighted by Crippen LogP contribution is 2.24. The Hall–Kier alpha value is -2.41. The molecule has 6 nitrogen and oxygen atoms in total. The van der Waals surface area contributed by atoms with E-state index in [0.29, 0.717) is 5.69 Å². The molecule has 0 aliphatic carbocycles. The lowest BCUT2D eigenvalue weighted by Crippen LogP contribution is -2.36. The molecule has 0 fully saturated rings. The van der Waals surface area contributed by atoms with Crippen molar-refractivity contribution in [2.45, 2.75) is 6.92 Å². The van der Waals surface area contributed by atoms with Gasteiger partial charge in [0.25, 0.3) is 0 Å². The quantitative estimate of drug-likeness (QED) is 0.887. The Morgan fingerprint density at radius 3 is 2.86 bits per heavy atom. The molecular formula is C15H17N3O3S. The van der Waals surface area contributed by atoms with Gasteiger partial charge in [0.15, 0.2) is 0 Å². The summed E-state index contributed by atoms with van der Waals surface area (Å²) in [5.74, 6) is -1.54. The van der Waals surface area contributed by atoms with Gasteiger partial charge in [0.05, 0.1) is 5.92 Å². The SMILES string of the molecule is CC(CN(C)C(=O)Nc1cccc(-c2nccs2)c1)C(=O)O. The summed E-state index contributed by atoms with van der Waals surface area (Å²) in [6, 6.07) is 7.04. The smallest absolute Gasteiger partial charge is 0.321 e. The molecule has 1 aromatic heterocycles. The summed E-state index contributed by atoms with van der Waals surface area (Å²) in [5, 5.41) is 14.4. The second-order valence-corrected chi connectivity index (χ2v) is 5.86. The molecule has 1 unspecified atom stereocenters. The molecule has 7 heteroatoms. The van der Waals surface area contributed by atoms with Crippen LogP contribution in [0.15, 0.2) is 35.8 Å². The van der Waals surface area contributed by atoms with Crippen molar-refractivity contribution in [3.05, 3.63) is 35.8 Å². The number of thiazole rings is 1. The van der Waals surface area contributed by atoms with E-state index in [9.17, 15) is 9.59 Å². The second kappa shape index (κ2) is 7.04. The van der Waals surface area contributed by atoms with Crippen molar-refractivity contribution >= 4 is 29.0 Å². The zero-order chi connectivity index (χ0) is 16.1. The van der Waals surface area contributed by atoms with Crippen molar-refractivity contribution in [1.82, 2.24) is 9.88 Å². The number of hydrogen-bond donors (Lipinski definition) is 2. The van der Waals surface area contributed by atoms with Gasteiger partial charge >= 0.3 is 12.0 Å². The Morgan fingerprint density at radius 2 is 2.23 bits per heavy atom. The molecule has 1 aromatic carbocycles. The van der Waals surface area contributed by atoms with Crippen LogP contribution in [0.25, 0.3) is 10.6 Å². The van der Waals surface area contributed by atoms with E-state index < -0.39 is 11.9 Å². The fraction of sp³-hybridized carbons (Fsp3) is 0.267. The van der Waals surface area contributed by atoms with Gasteiger partial charge in [-0.05, 0) is 12.1 Å². The van der Waals surface area contributed by atoms with E-state index >= 15 is 0 Å². The van der Waals surface area contributed by atoms with Gasteiger partial charge in [-0.2, -0.15) is 0 Å². The zero-order valence-corrected chi connectivity index (χ0v) is 13.1. The molecule has 0 aliphatic rings. The number of nitrogens with zero attached hydrogens (tertiary/aromatic N) is 2. The van der Waals surface area contributed by atoms with Gasteiger partial charge in [-0.1, -0.05) is 19.1 Å². The fourth-order valence-corrected chi connectivity index (χ4v) is 2.52. The van der Waals surface area contributed by atoms with Crippen molar-refractivity contribution in [3.8, 4) is 10.6 Å². The first-order valence-corrected chi connectivity index (χ1v) is 7.60. The zero-order valence-electron chi connectivity index (χ0n) is 12.3. The van der Waals surface area contributed by atoms with Crippen LogP contribution in [0.2, 0.25) is 0 Å². The molecule has 1 atom stereocenters. The Labute approximate surface area is 132 Å². The molecule has 0 spiro atoms. The molecule has 116 valence electrons. The van der Waals surface area contributed by atoms with Gasteiger partial charge in [0.2, 0.25) is 0 Å². The van der Waals surface area contributed by atoms with Crippen molar-refractivity contribution in [1.29, 1.82) is 0 Å². The molecule has 2 rings (SSSR count). The van der Waals surface area contributed by atoms with Crippen molar-refractivity contribution in [3.63, 3.8) is 0 Å². The van der Waals surface area contributed by atoms with Crippen LogP contribution < -0.4 is 5.32 Å². The summed E-state index contributed by atoms with van der Waals surface area (Å²) < 4.78 is 0. The maximum atomic E-state index is 12.1. The van der Waals surface area contributed by atoms with Gasteiger partial charge < -0.3 is 15.3 Å². The van der Waals surface area contributed by atoms with Gasteiger partial charge in [-0.3, -0.25) is 4.79 Å². The van der Waals surface area contributed by atoms with Crippen LogP contribution in [0.4, 0.5) is 10.5 Å². The van der Waals surface area contributed by atoms with E-state index in [4.69, 9.17) is 5.11 Å². The monoisotopic (exact) mass is 319 g/mol. The van der Waals surface area contributed by atoms with Crippen LogP contribution in [0.3, 0.4) is 0 Å². The topological polar surface area (TPSA) is 82.5 Å². The van der Waals surface area contributed by atoms with E-state index in [2.05, 4.69) is 10.3 Å². The van der Waals surface area contributed by atoms with Crippen LogP contribution >= 0.6 is 11.3 Å². The third-order valence-corrected chi connectivity index (χ3v) is 3.93. The van der Waals surface area contributed by atoms with Crippen molar-refractivity contribution in [2.75, 3.05) is 18.9 Å². The lowest BCUT2D eigenvalue weighted by Gasteiger charge is -2.20. The van der Waals surface area contributed by atoms with Crippen molar-refractivity contribution in [2.24, 2.45) is 5.92 Å². The maximum absolute atomic E-state index is 12.1.